The van der Waals surface area contributed by atoms with Gasteiger partial charge in [-0.3, -0.25) is 0 Å². The summed E-state index contributed by atoms with van der Waals surface area (Å²) in [5.74, 6) is 0. The Balaban J connectivity index is 1.65. The summed E-state index contributed by atoms with van der Waals surface area (Å²) >= 11 is 1.86. The fraction of sp³-hybridized carbons (Fsp3) is 0.500. The van der Waals surface area contributed by atoms with Crippen LogP contribution < -0.4 is 5.32 Å². The minimum absolute atomic E-state index is 0.722. The normalized spacial score (nSPS) is 21.3. The molecule has 2 rings (SSSR count). The van der Waals surface area contributed by atoms with Gasteiger partial charge >= 0.3 is 0 Å². The quantitative estimate of drug-likeness (QED) is 0.748. The van der Waals surface area contributed by atoms with Gasteiger partial charge < -0.3 is 5.32 Å². The molecule has 0 spiro atoms. The molecular formula is C12H17NS. The zero-order chi connectivity index (χ0) is 9.64. The Morgan fingerprint density at radius 1 is 1.43 bits per heavy atom. The Kier molecular flexibility index (Phi) is 3.78. The van der Waals surface area contributed by atoms with Crippen molar-refractivity contribution in [2.24, 2.45) is 0 Å². The van der Waals surface area contributed by atoms with Gasteiger partial charge in [0.05, 0.1) is 0 Å². The molecule has 1 N–H and O–H groups in total. The van der Waals surface area contributed by atoms with Crippen LogP contribution in [-0.4, -0.2) is 12.6 Å². The minimum Gasteiger partial charge on any atom is -0.313 e. The van der Waals surface area contributed by atoms with E-state index in [1.165, 1.54) is 30.6 Å². The zero-order valence-corrected chi connectivity index (χ0v) is 9.22. The van der Waals surface area contributed by atoms with Crippen LogP contribution in [0.3, 0.4) is 0 Å². The van der Waals surface area contributed by atoms with Crippen molar-refractivity contribution in [3.63, 3.8) is 0 Å². The third-order valence-electron chi connectivity index (χ3n) is 2.65. The SMILES string of the molecule is C1=CCC(NCCc2cccs2)CC1. The second-order valence-corrected chi connectivity index (χ2v) is 4.80. The van der Waals surface area contributed by atoms with E-state index in [1.54, 1.807) is 0 Å². The van der Waals surface area contributed by atoms with Gasteiger partial charge in [0.25, 0.3) is 0 Å². The van der Waals surface area contributed by atoms with Crippen molar-refractivity contribution in [3.05, 3.63) is 34.5 Å². The van der Waals surface area contributed by atoms with Gasteiger partial charge in [-0.25, -0.2) is 0 Å². The van der Waals surface area contributed by atoms with Gasteiger partial charge in [0, 0.05) is 17.5 Å². The fourth-order valence-electron chi connectivity index (χ4n) is 1.83. The maximum atomic E-state index is 3.62. The highest BCUT2D eigenvalue weighted by atomic mass is 32.1. The number of nitrogens with one attached hydrogen (secondary N) is 1. The maximum absolute atomic E-state index is 3.62. The molecule has 1 atom stereocenters. The summed E-state index contributed by atoms with van der Waals surface area (Å²) in [5, 5.41) is 5.77. The average Bonchev–Trinajstić information content (AvgIpc) is 2.72. The van der Waals surface area contributed by atoms with Crippen LogP contribution in [0.1, 0.15) is 24.1 Å². The van der Waals surface area contributed by atoms with Gasteiger partial charge in [0.1, 0.15) is 0 Å². The monoisotopic (exact) mass is 207 g/mol. The van der Waals surface area contributed by atoms with Crippen LogP contribution in [0.15, 0.2) is 29.7 Å². The Morgan fingerprint density at radius 2 is 2.43 bits per heavy atom. The third kappa shape index (κ3) is 2.96. The first kappa shape index (κ1) is 9.94. The Bertz CT molecular complexity index is 277. The molecule has 0 radical (unpaired) electrons. The van der Waals surface area contributed by atoms with Gasteiger partial charge in [0.15, 0.2) is 0 Å². The van der Waals surface area contributed by atoms with Crippen molar-refractivity contribution >= 4 is 11.3 Å². The molecule has 1 nitrogen and oxygen atoms in total. The number of allylic oxidation sites excluding steroid dienone is 1. The van der Waals surface area contributed by atoms with Crippen molar-refractivity contribution in [2.75, 3.05) is 6.54 Å². The van der Waals surface area contributed by atoms with E-state index in [4.69, 9.17) is 0 Å². The molecule has 0 aliphatic heterocycles. The van der Waals surface area contributed by atoms with Crippen molar-refractivity contribution < 1.29 is 0 Å². The molecule has 2 heteroatoms. The molecule has 0 aromatic carbocycles. The first-order valence-electron chi connectivity index (χ1n) is 5.36. The van der Waals surface area contributed by atoms with E-state index >= 15 is 0 Å². The van der Waals surface area contributed by atoms with Crippen molar-refractivity contribution in [2.45, 2.75) is 31.7 Å². The predicted molar refractivity (Wildman–Crippen MR) is 62.8 cm³/mol. The number of hydrogen-bond donors (Lipinski definition) is 1. The highest BCUT2D eigenvalue weighted by Crippen LogP contribution is 2.11. The number of rotatable bonds is 4. The van der Waals surface area contributed by atoms with Gasteiger partial charge in [-0.05, 0) is 37.1 Å². The van der Waals surface area contributed by atoms with Crippen molar-refractivity contribution in [1.29, 1.82) is 0 Å². The van der Waals surface area contributed by atoms with Crippen LogP contribution in [-0.2, 0) is 6.42 Å². The number of hydrogen-bond acceptors (Lipinski definition) is 2. The second kappa shape index (κ2) is 5.32. The Morgan fingerprint density at radius 3 is 3.14 bits per heavy atom. The topological polar surface area (TPSA) is 12.0 Å². The molecule has 1 unspecified atom stereocenters. The third-order valence-corrected chi connectivity index (χ3v) is 3.59. The molecule has 1 aromatic rings. The van der Waals surface area contributed by atoms with E-state index in [0.29, 0.717) is 0 Å². The first-order valence-corrected chi connectivity index (χ1v) is 6.24. The Hall–Kier alpha value is -0.600. The molecule has 0 bridgehead atoms. The van der Waals surface area contributed by atoms with E-state index in [1.807, 2.05) is 11.3 Å². The van der Waals surface area contributed by atoms with Crippen LogP contribution in [0, 0.1) is 0 Å². The highest BCUT2D eigenvalue weighted by molar-refractivity contribution is 7.09. The van der Waals surface area contributed by atoms with Gasteiger partial charge in [-0.1, -0.05) is 18.2 Å². The predicted octanol–water partition coefficient (Wildman–Crippen LogP) is 2.99. The first-order chi connectivity index (χ1) is 6.95. The smallest absolute Gasteiger partial charge is 0.0105 e. The molecule has 76 valence electrons. The molecule has 1 aliphatic rings. The lowest BCUT2D eigenvalue weighted by atomic mass is 10.0. The summed E-state index contributed by atoms with van der Waals surface area (Å²) in [5.41, 5.74) is 0. The van der Waals surface area contributed by atoms with Gasteiger partial charge in [-0.15, -0.1) is 11.3 Å². The summed E-state index contributed by atoms with van der Waals surface area (Å²) in [6.45, 7) is 1.12. The van der Waals surface area contributed by atoms with E-state index < -0.39 is 0 Å². The lowest BCUT2D eigenvalue weighted by Gasteiger charge is -2.18. The van der Waals surface area contributed by atoms with Crippen LogP contribution in [0.25, 0.3) is 0 Å². The Labute approximate surface area is 89.8 Å². The van der Waals surface area contributed by atoms with E-state index in [-0.39, 0.29) is 0 Å². The van der Waals surface area contributed by atoms with Crippen molar-refractivity contribution in [3.8, 4) is 0 Å². The van der Waals surface area contributed by atoms with Crippen LogP contribution in [0.2, 0.25) is 0 Å². The molecule has 1 aliphatic carbocycles. The molecule has 1 aromatic heterocycles. The molecule has 0 amide bonds. The standard InChI is InChI=1S/C12H17NS/c1-2-5-11(6-3-1)13-9-8-12-7-4-10-14-12/h1-2,4,7,10-11,13H,3,5-6,8-9H2. The lowest BCUT2D eigenvalue weighted by Crippen LogP contribution is -2.31. The average molecular weight is 207 g/mol. The van der Waals surface area contributed by atoms with Crippen LogP contribution in [0.5, 0.6) is 0 Å². The van der Waals surface area contributed by atoms with Crippen LogP contribution in [0.4, 0.5) is 0 Å². The lowest BCUT2D eigenvalue weighted by molar-refractivity contribution is 0.479. The molecule has 0 saturated heterocycles. The van der Waals surface area contributed by atoms with E-state index in [9.17, 15) is 0 Å². The summed E-state index contributed by atoms with van der Waals surface area (Å²) in [6.07, 6.45) is 9.53. The second-order valence-electron chi connectivity index (χ2n) is 3.76. The van der Waals surface area contributed by atoms with E-state index in [2.05, 4.69) is 35.0 Å². The largest absolute Gasteiger partial charge is 0.313 e. The van der Waals surface area contributed by atoms with Crippen LogP contribution >= 0.6 is 11.3 Å². The molecule has 1 heterocycles. The summed E-state index contributed by atoms with van der Waals surface area (Å²) < 4.78 is 0. The summed E-state index contributed by atoms with van der Waals surface area (Å²) in [4.78, 5) is 1.49. The van der Waals surface area contributed by atoms with Gasteiger partial charge in [-0.2, -0.15) is 0 Å². The molecule has 0 fully saturated rings. The maximum Gasteiger partial charge on any atom is 0.0105 e. The minimum atomic E-state index is 0.722. The molecular weight excluding hydrogens is 190 g/mol. The summed E-state index contributed by atoms with van der Waals surface area (Å²) in [6, 6.07) is 5.07. The highest BCUT2D eigenvalue weighted by Gasteiger charge is 2.07. The number of thiophene rings is 1. The summed E-state index contributed by atoms with van der Waals surface area (Å²) in [7, 11) is 0. The molecule has 0 saturated carbocycles. The molecule has 14 heavy (non-hydrogen) atoms. The zero-order valence-electron chi connectivity index (χ0n) is 8.41. The fourth-order valence-corrected chi connectivity index (χ4v) is 2.54. The van der Waals surface area contributed by atoms with E-state index in [0.717, 1.165) is 12.6 Å². The van der Waals surface area contributed by atoms with Crippen molar-refractivity contribution in [1.82, 2.24) is 5.32 Å². The van der Waals surface area contributed by atoms with Gasteiger partial charge in [0.2, 0.25) is 0 Å².